The van der Waals surface area contributed by atoms with Gasteiger partial charge < -0.3 is 9.73 Å². The average molecular weight is 439 g/mol. The Kier molecular flexibility index (Phi) is 5.47. The van der Waals surface area contributed by atoms with Crippen LogP contribution < -0.4 is 15.4 Å². The van der Waals surface area contributed by atoms with Crippen molar-refractivity contribution in [2.24, 2.45) is 0 Å². The van der Waals surface area contributed by atoms with Crippen molar-refractivity contribution in [3.8, 4) is 0 Å². The molecule has 0 saturated carbocycles. The summed E-state index contributed by atoms with van der Waals surface area (Å²) < 4.78 is 30.2. The first-order valence-electron chi connectivity index (χ1n) is 9.53. The molecule has 4 rings (SSSR count). The third-order valence-electron chi connectivity index (χ3n) is 4.87. The van der Waals surface area contributed by atoms with E-state index in [1.807, 2.05) is 24.3 Å². The standard InChI is InChI=1S/C21H21N5O4S/c1-26(31(2,28)29)18-6-4-3-5-14(18)7-8-15-11-12-22-20(23-15)24-16-9-10-17-19(13-16)30-21(27)25-17/h3-6,9-13H,7-8H2,1-2H3,(H,25,27)(H,22,23,24). The fourth-order valence-electron chi connectivity index (χ4n) is 3.22. The molecule has 0 bridgehead atoms. The summed E-state index contributed by atoms with van der Waals surface area (Å²) in [6.45, 7) is 0. The lowest BCUT2D eigenvalue weighted by molar-refractivity contribution is 0.555. The molecule has 10 heteroatoms. The summed E-state index contributed by atoms with van der Waals surface area (Å²) in [5.74, 6) is -0.0940. The van der Waals surface area contributed by atoms with Crippen LogP contribution in [0, 0.1) is 0 Å². The molecule has 160 valence electrons. The number of hydrogen-bond donors (Lipinski definition) is 2. The van der Waals surface area contributed by atoms with Crippen LogP contribution in [0.2, 0.25) is 0 Å². The number of sulfonamides is 1. The van der Waals surface area contributed by atoms with Crippen molar-refractivity contribution in [2.75, 3.05) is 22.9 Å². The molecule has 0 amide bonds. The zero-order chi connectivity index (χ0) is 22.0. The van der Waals surface area contributed by atoms with Crippen LogP contribution in [0.15, 0.2) is 63.9 Å². The van der Waals surface area contributed by atoms with Crippen molar-refractivity contribution in [2.45, 2.75) is 12.8 Å². The van der Waals surface area contributed by atoms with Crippen LogP contribution in [-0.2, 0) is 22.9 Å². The highest BCUT2D eigenvalue weighted by Gasteiger charge is 2.15. The highest BCUT2D eigenvalue weighted by molar-refractivity contribution is 7.92. The quantitative estimate of drug-likeness (QED) is 0.454. The largest absolute Gasteiger partial charge is 0.417 e. The van der Waals surface area contributed by atoms with Crippen molar-refractivity contribution in [3.63, 3.8) is 0 Å². The number of rotatable bonds is 7. The lowest BCUT2D eigenvalue weighted by Gasteiger charge is -2.20. The van der Waals surface area contributed by atoms with Crippen LogP contribution in [0.5, 0.6) is 0 Å². The smallest absolute Gasteiger partial charge is 0.408 e. The van der Waals surface area contributed by atoms with Crippen molar-refractivity contribution in [1.82, 2.24) is 15.0 Å². The van der Waals surface area contributed by atoms with Crippen LogP contribution in [-0.4, -0.2) is 36.7 Å². The molecule has 0 fully saturated rings. The number of hydrogen-bond acceptors (Lipinski definition) is 7. The Morgan fingerprint density at radius 2 is 1.94 bits per heavy atom. The van der Waals surface area contributed by atoms with Crippen LogP contribution in [0.3, 0.4) is 0 Å². The molecular weight excluding hydrogens is 418 g/mol. The molecule has 9 nitrogen and oxygen atoms in total. The van der Waals surface area contributed by atoms with E-state index in [1.54, 1.807) is 37.5 Å². The van der Waals surface area contributed by atoms with Gasteiger partial charge in [0.15, 0.2) is 5.58 Å². The number of oxazole rings is 1. The van der Waals surface area contributed by atoms with Crippen LogP contribution in [0.1, 0.15) is 11.3 Å². The zero-order valence-corrected chi connectivity index (χ0v) is 17.8. The van der Waals surface area contributed by atoms with E-state index in [1.165, 1.54) is 10.6 Å². The number of aryl methyl sites for hydroxylation is 2. The van der Waals surface area contributed by atoms with E-state index in [-0.39, 0.29) is 0 Å². The predicted molar refractivity (Wildman–Crippen MR) is 119 cm³/mol. The Hall–Kier alpha value is -3.66. The maximum absolute atomic E-state index is 11.9. The lowest BCUT2D eigenvalue weighted by Crippen LogP contribution is -2.26. The van der Waals surface area contributed by atoms with Gasteiger partial charge in [-0.25, -0.2) is 23.2 Å². The van der Waals surface area contributed by atoms with Gasteiger partial charge in [-0.3, -0.25) is 9.29 Å². The van der Waals surface area contributed by atoms with Crippen molar-refractivity contribution < 1.29 is 12.8 Å². The van der Waals surface area contributed by atoms with E-state index in [9.17, 15) is 13.2 Å². The number of aromatic amines is 1. The van der Waals surface area contributed by atoms with Crippen molar-refractivity contribution >= 4 is 38.4 Å². The van der Waals surface area contributed by atoms with Crippen LogP contribution in [0.4, 0.5) is 17.3 Å². The summed E-state index contributed by atoms with van der Waals surface area (Å²) in [5, 5.41) is 3.11. The highest BCUT2D eigenvalue weighted by Crippen LogP contribution is 2.23. The van der Waals surface area contributed by atoms with Crippen LogP contribution >= 0.6 is 0 Å². The van der Waals surface area contributed by atoms with Gasteiger partial charge >= 0.3 is 5.76 Å². The minimum Gasteiger partial charge on any atom is -0.408 e. The Labute approximate surface area is 178 Å². The van der Waals surface area contributed by atoms with E-state index in [4.69, 9.17) is 4.42 Å². The normalized spacial score (nSPS) is 11.5. The summed E-state index contributed by atoms with van der Waals surface area (Å²) in [6.07, 6.45) is 4.07. The number of aromatic nitrogens is 3. The Bertz CT molecular complexity index is 1390. The molecule has 2 aromatic heterocycles. The zero-order valence-electron chi connectivity index (χ0n) is 17.0. The van der Waals surface area contributed by atoms with Gasteiger partial charge in [0.05, 0.1) is 17.5 Å². The molecule has 0 unspecified atom stereocenters. The number of benzene rings is 2. The van der Waals surface area contributed by atoms with E-state index >= 15 is 0 Å². The number of anilines is 3. The fraction of sp³-hybridized carbons (Fsp3) is 0.190. The minimum absolute atomic E-state index is 0.413. The molecule has 0 spiro atoms. The van der Waals surface area contributed by atoms with Gasteiger partial charge in [-0.15, -0.1) is 0 Å². The van der Waals surface area contributed by atoms with Gasteiger partial charge in [0, 0.05) is 30.7 Å². The first-order valence-corrected chi connectivity index (χ1v) is 11.4. The number of para-hydroxylation sites is 1. The number of fused-ring (bicyclic) bond motifs is 1. The second-order valence-electron chi connectivity index (χ2n) is 7.08. The topological polar surface area (TPSA) is 121 Å². The first-order chi connectivity index (χ1) is 14.8. The Morgan fingerprint density at radius 3 is 2.74 bits per heavy atom. The van der Waals surface area contributed by atoms with Gasteiger partial charge in [-0.2, -0.15) is 0 Å². The lowest BCUT2D eigenvalue weighted by atomic mass is 10.1. The summed E-state index contributed by atoms with van der Waals surface area (Å²) in [4.78, 5) is 22.7. The van der Waals surface area contributed by atoms with Gasteiger partial charge in [0.25, 0.3) is 0 Å². The highest BCUT2D eigenvalue weighted by atomic mass is 32.2. The third kappa shape index (κ3) is 4.75. The van der Waals surface area contributed by atoms with Crippen LogP contribution in [0.25, 0.3) is 11.1 Å². The molecule has 0 aliphatic rings. The number of H-pyrrole nitrogens is 1. The Balaban J connectivity index is 1.50. The second-order valence-corrected chi connectivity index (χ2v) is 9.10. The number of nitrogens with one attached hydrogen (secondary N) is 2. The number of nitrogens with zero attached hydrogens (tertiary/aromatic N) is 3. The molecule has 0 aliphatic heterocycles. The van der Waals surface area contributed by atoms with Crippen molar-refractivity contribution in [3.05, 3.63) is 76.5 Å². The fourth-order valence-corrected chi connectivity index (χ4v) is 3.75. The predicted octanol–water partition coefficient (Wildman–Crippen LogP) is 2.84. The average Bonchev–Trinajstić information content (AvgIpc) is 3.11. The Morgan fingerprint density at radius 1 is 1.13 bits per heavy atom. The second kappa shape index (κ2) is 8.23. The third-order valence-corrected chi connectivity index (χ3v) is 6.06. The molecule has 0 radical (unpaired) electrons. The van der Waals surface area contributed by atoms with E-state index in [0.717, 1.165) is 11.3 Å². The SMILES string of the molecule is CN(c1ccccc1CCc1ccnc(Nc2ccc3[nH]c(=O)oc3c2)n1)S(C)(=O)=O. The molecule has 2 N–H and O–H groups in total. The minimum atomic E-state index is -3.35. The van der Waals surface area contributed by atoms with Gasteiger partial charge in [-0.05, 0) is 42.7 Å². The molecular formula is C21H21N5O4S. The monoisotopic (exact) mass is 439 g/mol. The molecule has 2 heterocycles. The van der Waals surface area contributed by atoms with E-state index in [2.05, 4.69) is 20.3 Å². The summed E-state index contributed by atoms with van der Waals surface area (Å²) in [5.41, 5.74) is 4.12. The van der Waals surface area contributed by atoms with Gasteiger partial charge in [0.2, 0.25) is 16.0 Å². The maximum Gasteiger partial charge on any atom is 0.417 e. The maximum atomic E-state index is 11.9. The molecule has 4 aromatic rings. The molecule has 0 atom stereocenters. The molecule has 31 heavy (non-hydrogen) atoms. The van der Waals surface area contributed by atoms with Crippen molar-refractivity contribution in [1.29, 1.82) is 0 Å². The van der Waals surface area contributed by atoms with Gasteiger partial charge in [-0.1, -0.05) is 18.2 Å². The first kappa shape index (κ1) is 20.6. The molecule has 2 aromatic carbocycles. The van der Waals surface area contributed by atoms with E-state index in [0.29, 0.717) is 41.3 Å². The van der Waals surface area contributed by atoms with E-state index < -0.39 is 15.8 Å². The molecule has 0 aliphatic carbocycles. The summed E-state index contributed by atoms with van der Waals surface area (Å²) in [6, 6.07) is 14.5. The summed E-state index contributed by atoms with van der Waals surface area (Å²) in [7, 11) is -1.80. The summed E-state index contributed by atoms with van der Waals surface area (Å²) >= 11 is 0. The molecule has 0 saturated heterocycles. The van der Waals surface area contributed by atoms with Gasteiger partial charge in [0.1, 0.15) is 0 Å².